The van der Waals surface area contributed by atoms with Gasteiger partial charge in [-0.3, -0.25) is 9.59 Å². The Labute approximate surface area is 170 Å². The minimum Gasteiger partial charge on any atom is -0.493 e. The number of benzene rings is 2. The van der Waals surface area contributed by atoms with Crippen LogP contribution in [0.5, 0.6) is 11.5 Å². The van der Waals surface area contributed by atoms with Gasteiger partial charge in [-0.15, -0.1) is 0 Å². The summed E-state index contributed by atoms with van der Waals surface area (Å²) < 4.78 is 10.6. The molecule has 0 aromatic heterocycles. The van der Waals surface area contributed by atoms with E-state index in [2.05, 4.69) is 5.32 Å². The van der Waals surface area contributed by atoms with Crippen LogP contribution in [0.3, 0.4) is 0 Å². The van der Waals surface area contributed by atoms with Gasteiger partial charge in [0.2, 0.25) is 0 Å². The molecule has 5 heteroatoms. The highest BCUT2D eigenvalue weighted by Crippen LogP contribution is 2.36. The van der Waals surface area contributed by atoms with E-state index in [-0.39, 0.29) is 5.78 Å². The Balaban J connectivity index is 1.75. The molecule has 0 amide bonds. The van der Waals surface area contributed by atoms with E-state index in [0.717, 1.165) is 11.1 Å². The molecular weight excluding hydrogens is 366 g/mol. The minimum absolute atomic E-state index is 0.0663. The van der Waals surface area contributed by atoms with Crippen LogP contribution in [-0.2, 0) is 17.8 Å². The third-order valence-electron chi connectivity index (χ3n) is 4.67. The number of ketones is 1. The maximum Gasteiger partial charge on any atom is 0.189 e. The molecule has 0 atom stereocenters. The van der Waals surface area contributed by atoms with Crippen LogP contribution < -0.4 is 14.8 Å². The second kappa shape index (κ2) is 9.55. The van der Waals surface area contributed by atoms with Crippen LogP contribution in [0.15, 0.2) is 78.0 Å². The number of Topliss-reactive ketones (excluding diaryl/α,β-unsaturated/α-hetero) is 1. The Morgan fingerprint density at radius 3 is 2.52 bits per heavy atom. The van der Waals surface area contributed by atoms with Crippen LogP contribution in [0.25, 0.3) is 0 Å². The number of rotatable bonds is 8. The molecule has 148 valence electrons. The molecule has 29 heavy (non-hydrogen) atoms. The second-order valence-electron chi connectivity index (χ2n) is 6.54. The Morgan fingerprint density at radius 1 is 1.10 bits per heavy atom. The van der Waals surface area contributed by atoms with E-state index in [1.165, 1.54) is 6.08 Å². The Hall–Kier alpha value is -3.60. The molecule has 0 spiro atoms. The molecule has 1 N–H and O–H groups in total. The minimum atomic E-state index is -0.0663. The molecule has 2 aromatic rings. The van der Waals surface area contributed by atoms with Gasteiger partial charge in [0.15, 0.2) is 17.3 Å². The predicted octanol–water partition coefficient (Wildman–Crippen LogP) is 3.80. The van der Waals surface area contributed by atoms with Gasteiger partial charge in [-0.25, -0.2) is 0 Å². The van der Waals surface area contributed by atoms with Crippen LogP contribution in [0.4, 0.5) is 0 Å². The largest absolute Gasteiger partial charge is 0.493 e. The van der Waals surface area contributed by atoms with Crippen molar-refractivity contribution in [2.24, 2.45) is 0 Å². The maximum absolute atomic E-state index is 12.8. The molecule has 2 aromatic carbocycles. The van der Waals surface area contributed by atoms with Gasteiger partial charge in [0.05, 0.1) is 14.2 Å². The lowest BCUT2D eigenvalue weighted by Crippen LogP contribution is -2.04. The summed E-state index contributed by atoms with van der Waals surface area (Å²) >= 11 is 0. The molecule has 5 nitrogen and oxygen atoms in total. The van der Waals surface area contributed by atoms with Gasteiger partial charge in [-0.2, -0.15) is 0 Å². The quantitative estimate of drug-likeness (QED) is 0.423. The summed E-state index contributed by atoms with van der Waals surface area (Å²) in [6, 6.07) is 13.5. The maximum atomic E-state index is 12.8. The molecule has 0 unspecified atom stereocenters. The van der Waals surface area contributed by atoms with E-state index in [0.29, 0.717) is 47.5 Å². The van der Waals surface area contributed by atoms with E-state index in [1.54, 1.807) is 38.6 Å². The number of carbonyl (C=O) groups excluding carboxylic acids is 2. The van der Waals surface area contributed by atoms with Crippen LogP contribution in [0, 0.1) is 0 Å². The Bertz CT molecular complexity index is 987. The van der Waals surface area contributed by atoms with Crippen molar-refractivity contribution in [2.45, 2.75) is 13.0 Å². The SMILES string of the molecule is COc1cc2c(cc1OC)C(=O)/C(=C/C(C=CNCc1ccccc1)=CC=O)C2. The van der Waals surface area contributed by atoms with Crippen molar-refractivity contribution in [1.82, 2.24) is 5.32 Å². The highest BCUT2D eigenvalue weighted by atomic mass is 16.5. The first-order chi connectivity index (χ1) is 14.2. The van der Waals surface area contributed by atoms with Gasteiger partial charge in [-0.1, -0.05) is 30.3 Å². The summed E-state index contributed by atoms with van der Waals surface area (Å²) in [5.41, 5.74) is 3.91. The van der Waals surface area contributed by atoms with Crippen molar-refractivity contribution in [1.29, 1.82) is 0 Å². The van der Waals surface area contributed by atoms with Crippen LogP contribution >= 0.6 is 0 Å². The van der Waals surface area contributed by atoms with E-state index in [1.807, 2.05) is 36.4 Å². The zero-order valence-electron chi connectivity index (χ0n) is 16.5. The molecule has 0 bridgehead atoms. The zero-order valence-corrected chi connectivity index (χ0v) is 16.5. The average Bonchev–Trinajstić information content (AvgIpc) is 3.05. The molecular formula is C24H23NO4. The lowest BCUT2D eigenvalue weighted by molar-refractivity contribution is -0.104. The second-order valence-corrected chi connectivity index (χ2v) is 6.54. The number of hydrogen-bond donors (Lipinski definition) is 1. The van der Waals surface area contributed by atoms with Crippen molar-refractivity contribution in [3.05, 3.63) is 94.7 Å². The van der Waals surface area contributed by atoms with Crippen LogP contribution in [0.1, 0.15) is 21.5 Å². The van der Waals surface area contributed by atoms with Gasteiger partial charge in [0, 0.05) is 24.1 Å². The number of fused-ring (bicyclic) bond motifs is 1. The smallest absolute Gasteiger partial charge is 0.189 e. The van der Waals surface area contributed by atoms with E-state index in [4.69, 9.17) is 9.47 Å². The molecule has 1 aliphatic rings. The number of carbonyl (C=O) groups is 2. The standard InChI is InChI=1S/C24H23NO4/c1-28-22-14-19-13-20(24(27)21(19)15-23(22)29-2)12-17(9-11-26)8-10-25-16-18-6-4-3-5-7-18/h3-12,14-15,25H,13,16H2,1-2H3/b10-8?,17-9?,20-12+. The van der Waals surface area contributed by atoms with Crippen LogP contribution in [0.2, 0.25) is 0 Å². The predicted molar refractivity (Wildman–Crippen MR) is 112 cm³/mol. The van der Waals surface area contributed by atoms with E-state index >= 15 is 0 Å². The van der Waals surface area contributed by atoms with Gasteiger partial charge in [0.25, 0.3) is 0 Å². The molecule has 1 aliphatic carbocycles. The van der Waals surface area contributed by atoms with E-state index in [9.17, 15) is 9.59 Å². The average molecular weight is 389 g/mol. The number of ether oxygens (including phenoxy) is 2. The van der Waals surface area contributed by atoms with Crippen molar-refractivity contribution >= 4 is 12.1 Å². The normalized spacial score (nSPS) is 14.9. The van der Waals surface area contributed by atoms with Gasteiger partial charge in [0.1, 0.15) is 6.29 Å². The van der Waals surface area contributed by atoms with Gasteiger partial charge >= 0.3 is 0 Å². The summed E-state index contributed by atoms with van der Waals surface area (Å²) in [7, 11) is 3.11. The topological polar surface area (TPSA) is 64.6 Å². The summed E-state index contributed by atoms with van der Waals surface area (Å²) in [6.07, 6.45) is 7.93. The monoisotopic (exact) mass is 389 g/mol. The number of hydrogen-bond acceptors (Lipinski definition) is 5. The first-order valence-electron chi connectivity index (χ1n) is 9.25. The Morgan fingerprint density at radius 2 is 1.83 bits per heavy atom. The van der Waals surface area contributed by atoms with Gasteiger partial charge in [-0.05, 0) is 53.3 Å². The molecule has 3 rings (SSSR count). The molecule has 0 aliphatic heterocycles. The molecule has 0 heterocycles. The summed E-state index contributed by atoms with van der Waals surface area (Å²) in [4.78, 5) is 23.8. The number of methoxy groups -OCH3 is 2. The number of allylic oxidation sites excluding steroid dienone is 5. The molecule has 0 radical (unpaired) electrons. The summed E-state index contributed by atoms with van der Waals surface area (Å²) in [5, 5.41) is 3.19. The Kier molecular flexibility index (Phi) is 6.63. The molecule has 0 fully saturated rings. The van der Waals surface area contributed by atoms with Crippen molar-refractivity contribution in [3.8, 4) is 11.5 Å². The fourth-order valence-electron chi connectivity index (χ4n) is 3.21. The summed E-state index contributed by atoms with van der Waals surface area (Å²) in [6.45, 7) is 0.673. The first-order valence-corrected chi connectivity index (χ1v) is 9.25. The van der Waals surface area contributed by atoms with E-state index < -0.39 is 0 Å². The lowest BCUT2D eigenvalue weighted by atomic mass is 10.1. The summed E-state index contributed by atoms with van der Waals surface area (Å²) in [5.74, 6) is 1.05. The zero-order chi connectivity index (χ0) is 20.6. The number of aldehydes is 1. The van der Waals surface area contributed by atoms with Crippen molar-refractivity contribution in [3.63, 3.8) is 0 Å². The highest BCUT2D eigenvalue weighted by Gasteiger charge is 2.27. The van der Waals surface area contributed by atoms with Gasteiger partial charge < -0.3 is 14.8 Å². The van der Waals surface area contributed by atoms with Crippen molar-refractivity contribution < 1.29 is 19.1 Å². The molecule has 0 saturated heterocycles. The highest BCUT2D eigenvalue weighted by molar-refractivity contribution is 6.13. The fourth-order valence-corrected chi connectivity index (χ4v) is 3.21. The lowest BCUT2D eigenvalue weighted by Gasteiger charge is -2.08. The third-order valence-corrected chi connectivity index (χ3v) is 4.67. The van der Waals surface area contributed by atoms with Crippen LogP contribution in [-0.4, -0.2) is 26.3 Å². The van der Waals surface area contributed by atoms with Crippen molar-refractivity contribution in [2.75, 3.05) is 14.2 Å². The molecule has 0 saturated carbocycles. The third kappa shape index (κ3) is 4.82. The fraction of sp³-hybridized carbons (Fsp3) is 0.167. The first kappa shape index (κ1) is 20.1. The number of nitrogens with one attached hydrogen (secondary N) is 1.